The van der Waals surface area contributed by atoms with Crippen molar-refractivity contribution < 1.29 is 4.74 Å². The van der Waals surface area contributed by atoms with Gasteiger partial charge in [0.25, 0.3) is 6.02 Å². The summed E-state index contributed by atoms with van der Waals surface area (Å²) in [5.41, 5.74) is 7.43. The van der Waals surface area contributed by atoms with E-state index in [1.54, 1.807) is 11.3 Å². The van der Waals surface area contributed by atoms with Gasteiger partial charge in [-0.05, 0) is 44.9 Å². The van der Waals surface area contributed by atoms with Gasteiger partial charge >= 0.3 is 0 Å². The number of hydrogen-bond acceptors (Lipinski definition) is 6. The first-order valence-electron chi connectivity index (χ1n) is 9.34. The van der Waals surface area contributed by atoms with Gasteiger partial charge in [-0.3, -0.25) is 5.32 Å². The smallest absolute Gasteiger partial charge is 0.293 e. The lowest BCUT2D eigenvalue weighted by atomic mass is 9.46. The van der Waals surface area contributed by atoms with E-state index in [0.717, 1.165) is 24.4 Å². The second-order valence-corrected chi connectivity index (χ2v) is 9.50. The third-order valence-corrected chi connectivity index (χ3v) is 7.76. The van der Waals surface area contributed by atoms with Gasteiger partial charge in [0.2, 0.25) is 0 Å². The van der Waals surface area contributed by atoms with Crippen LogP contribution in [0.4, 0.5) is 5.13 Å². The summed E-state index contributed by atoms with van der Waals surface area (Å²) >= 11 is 1.75. The van der Waals surface area contributed by atoms with Crippen molar-refractivity contribution in [1.82, 2.24) is 4.98 Å². The van der Waals surface area contributed by atoms with E-state index in [0.29, 0.717) is 17.3 Å². The van der Waals surface area contributed by atoms with Gasteiger partial charge in [0, 0.05) is 10.8 Å². The molecule has 1 aromatic rings. The fourth-order valence-corrected chi connectivity index (χ4v) is 6.35. The number of nitrogens with two attached hydrogens (primary N) is 1. The second kappa shape index (κ2) is 5.21. The summed E-state index contributed by atoms with van der Waals surface area (Å²) in [4.78, 5) is 10.8. The highest BCUT2D eigenvalue weighted by Crippen LogP contribution is 2.60. The molecule has 1 aromatic heterocycles. The highest BCUT2D eigenvalue weighted by atomic mass is 32.1. The molecule has 3 fully saturated rings. The average molecular weight is 344 g/mol. The second-order valence-electron chi connectivity index (χ2n) is 8.42. The van der Waals surface area contributed by atoms with E-state index >= 15 is 0 Å². The Hall–Kier alpha value is -1.08. The van der Waals surface area contributed by atoms with Crippen LogP contribution in [0.5, 0.6) is 0 Å². The van der Waals surface area contributed by atoms with Crippen LogP contribution in [0.15, 0.2) is 4.99 Å². The van der Waals surface area contributed by atoms with E-state index in [1.807, 2.05) is 0 Å². The molecule has 24 heavy (non-hydrogen) atoms. The highest BCUT2D eigenvalue weighted by molar-refractivity contribution is 7.15. The number of nitrogens with zero attached hydrogens (tertiary/aromatic N) is 2. The van der Waals surface area contributed by atoms with Crippen molar-refractivity contribution >= 4 is 30.3 Å². The van der Waals surface area contributed by atoms with Crippen LogP contribution in [0.25, 0.3) is 0 Å². The minimum Gasteiger partial charge on any atom is -0.454 e. The van der Waals surface area contributed by atoms with Gasteiger partial charge in [0.05, 0.1) is 5.69 Å². The molecule has 2 bridgehead atoms. The van der Waals surface area contributed by atoms with Crippen LogP contribution in [0.3, 0.4) is 0 Å². The Morgan fingerprint density at radius 3 is 2.79 bits per heavy atom. The van der Waals surface area contributed by atoms with Gasteiger partial charge in [0.15, 0.2) is 10.7 Å². The molecule has 5 nitrogen and oxygen atoms in total. The van der Waals surface area contributed by atoms with Gasteiger partial charge in [-0.25, -0.2) is 9.98 Å². The van der Waals surface area contributed by atoms with Gasteiger partial charge in [0.1, 0.15) is 14.0 Å². The molecule has 128 valence electrons. The molecule has 2 heterocycles. The Balaban J connectivity index is 1.36. The minimum atomic E-state index is -0.287. The SMILES string of the molecule is BC12CCC(CC1)[C@@]1(C2)OC(Nc2nc3c(s2)CCCC3)=NC1N. The number of nitrogens with one attached hydrogen (secondary N) is 1. The summed E-state index contributed by atoms with van der Waals surface area (Å²) in [6.45, 7) is 0. The normalized spacial score (nSPS) is 40.3. The molecule has 3 N–H and O–H groups in total. The number of ether oxygens (including phenoxy) is 1. The first-order valence-corrected chi connectivity index (χ1v) is 10.2. The van der Waals surface area contributed by atoms with Gasteiger partial charge in [-0.2, -0.15) is 0 Å². The molecule has 0 radical (unpaired) electrons. The number of hydrogen-bond donors (Lipinski definition) is 2. The lowest BCUT2D eigenvalue weighted by molar-refractivity contribution is -0.0796. The van der Waals surface area contributed by atoms with Crippen molar-refractivity contribution in [3.05, 3.63) is 10.6 Å². The Bertz CT molecular complexity index is 673. The maximum atomic E-state index is 6.46. The van der Waals surface area contributed by atoms with Crippen LogP contribution in [0.2, 0.25) is 5.31 Å². The van der Waals surface area contributed by atoms with Gasteiger partial charge in [-0.1, -0.05) is 18.2 Å². The van der Waals surface area contributed by atoms with E-state index in [9.17, 15) is 0 Å². The Kier molecular flexibility index (Phi) is 3.30. The number of fused-ring (bicyclic) bond motifs is 3. The molecule has 4 aliphatic carbocycles. The lowest BCUT2D eigenvalue weighted by Crippen LogP contribution is -2.58. The summed E-state index contributed by atoms with van der Waals surface area (Å²) in [5, 5.41) is 4.61. The molecular formula is C17H25BN4OS. The third-order valence-electron chi connectivity index (χ3n) is 6.69. The molecule has 3 saturated carbocycles. The van der Waals surface area contributed by atoms with Crippen molar-refractivity contribution in [1.29, 1.82) is 0 Å². The molecule has 0 saturated heterocycles. The molecule has 5 aliphatic rings. The number of anilines is 1. The van der Waals surface area contributed by atoms with Crippen LogP contribution >= 0.6 is 11.3 Å². The summed E-state index contributed by atoms with van der Waals surface area (Å²) in [6.07, 6.45) is 10.6. The molecule has 0 amide bonds. The predicted molar refractivity (Wildman–Crippen MR) is 99.4 cm³/mol. The zero-order chi connectivity index (χ0) is 16.4. The summed E-state index contributed by atoms with van der Waals surface area (Å²) < 4.78 is 6.42. The molecular weight excluding hydrogens is 319 g/mol. The van der Waals surface area contributed by atoms with Crippen LogP contribution < -0.4 is 11.1 Å². The maximum Gasteiger partial charge on any atom is 0.293 e. The topological polar surface area (TPSA) is 72.5 Å². The minimum absolute atomic E-state index is 0.250. The first-order chi connectivity index (χ1) is 11.6. The van der Waals surface area contributed by atoms with Crippen LogP contribution in [-0.2, 0) is 17.6 Å². The maximum absolute atomic E-state index is 6.46. The zero-order valence-corrected chi connectivity index (χ0v) is 15.1. The molecule has 1 aliphatic heterocycles. The number of thiazole rings is 1. The van der Waals surface area contributed by atoms with Gasteiger partial charge in [-0.15, -0.1) is 11.3 Å². The monoisotopic (exact) mass is 344 g/mol. The quantitative estimate of drug-likeness (QED) is 0.767. The van der Waals surface area contributed by atoms with Crippen LogP contribution in [0, 0.1) is 5.92 Å². The molecule has 1 spiro atoms. The van der Waals surface area contributed by atoms with E-state index in [2.05, 4.69) is 18.2 Å². The standard InChI is InChI=1S/C17H25BN4OS/c18-16-7-5-10(6-8-16)17(9-16)13(19)21-14(23-17)22-15-20-11-3-1-2-4-12(11)24-15/h10,13H,1-9,18-19H2,(H,20,21,22)/t10?,13?,16?,17-/m1/s1. The molecule has 1 unspecified atom stereocenters. The Labute approximate surface area is 147 Å². The average Bonchev–Trinajstić information content (AvgIpc) is 3.08. The molecule has 2 atom stereocenters. The predicted octanol–water partition coefficient (Wildman–Crippen LogP) is 2.23. The largest absolute Gasteiger partial charge is 0.454 e. The molecule has 6 rings (SSSR count). The van der Waals surface area contributed by atoms with Crippen molar-refractivity contribution in [2.24, 2.45) is 16.6 Å². The third kappa shape index (κ3) is 2.24. The number of rotatable bonds is 1. The summed E-state index contributed by atoms with van der Waals surface area (Å²) in [6, 6.07) is 0.588. The number of aromatic nitrogens is 1. The summed E-state index contributed by atoms with van der Waals surface area (Å²) in [7, 11) is 2.39. The van der Waals surface area contributed by atoms with E-state index in [-0.39, 0.29) is 11.8 Å². The fourth-order valence-electron chi connectivity index (χ4n) is 5.31. The van der Waals surface area contributed by atoms with Crippen molar-refractivity contribution in [3.8, 4) is 0 Å². The van der Waals surface area contributed by atoms with E-state index in [4.69, 9.17) is 15.5 Å². The Morgan fingerprint density at radius 1 is 1.25 bits per heavy atom. The number of aryl methyl sites for hydroxylation is 2. The molecule has 7 heteroatoms. The van der Waals surface area contributed by atoms with Crippen molar-refractivity contribution in [2.75, 3.05) is 5.32 Å². The van der Waals surface area contributed by atoms with Crippen LogP contribution in [0.1, 0.15) is 55.5 Å². The van der Waals surface area contributed by atoms with E-state index < -0.39 is 0 Å². The van der Waals surface area contributed by atoms with Crippen molar-refractivity contribution in [3.63, 3.8) is 0 Å². The lowest BCUT2D eigenvalue weighted by Gasteiger charge is -2.55. The fraction of sp³-hybridized carbons (Fsp3) is 0.765. The highest BCUT2D eigenvalue weighted by Gasteiger charge is 2.59. The Morgan fingerprint density at radius 2 is 2.04 bits per heavy atom. The molecule has 0 aromatic carbocycles. The van der Waals surface area contributed by atoms with Crippen LogP contribution in [-0.4, -0.2) is 30.6 Å². The number of aliphatic imine (C=N–C) groups is 1. The van der Waals surface area contributed by atoms with Gasteiger partial charge < -0.3 is 10.5 Å². The number of amidine groups is 1. The van der Waals surface area contributed by atoms with E-state index in [1.165, 1.54) is 49.1 Å². The zero-order valence-electron chi connectivity index (χ0n) is 14.3. The summed E-state index contributed by atoms with van der Waals surface area (Å²) in [5.74, 6) is 0.543. The van der Waals surface area contributed by atoms with Crippen molar-refractivity contribution in [2.45, 2.75) is 74.9 Å². The first kappa shape index (κ1) is 15.2.